The third kappa shape index (κ3) is 3.14. The van der Waals surface area contributed by atoms with E-state index in [4.69, 9.17) is 23.7 Å². The molecule has 0 fully saturated rings. The number of alkyl halides is 1. The molecule has 3 aliphatic rings. The Bertz CT molecular complexity index is 1060. The van der Waals surface area contributed by atoms with E-state index in [0.717, 1.165) is 11.1 Å². The lowest BCUT2D eigenvalue weighted by Crippen LogP contribution is -2.43. The van der Waals surface area contributed by atoms with Crippen molar-refractivity contribution < 1.29 is 33.6 Å². The van der Waals surface area contributed by atoms with E-state index in [1.165, 1.54) is 0 Å². The number of aliphatic hydroxyl groups excluding tert-OH is 1. The second-order valence-electron chi connectivity index (χ2n) is 8.22. The molecule has 7 nitrogen and oxygen atoms in total. The maximum Gasteiger partial charge on any atom is 0.178 e. The van der Waals surface area contributed by atoms with Gasteiger partial charge in [-0.3, -0.25) is 4.79 Å². The lowest BCUT2D eigenvalue weighted by Gasteiger charge is -2.37. The smallest absolute Gasteiger partial charge is 0.178 e. The van der Waals surface area contributed by atoms with E-state index in [9.17, 15) is 9.90 Å². The van der Waals surface area contributed by atoms with Gasteiger partial charge in [0.2, 0.25) is 0 Å². The summed E-state index contributed by atoms with van der Waals surface area (Å²) in [6, 6.07) is 7.15. The number of rotatable bonds is 4. The lowest BCUT2D eigenvalue weighted by atomic mass is 9.81. The molecule has 8 heteroatoms. The van der Waals surface area contributed by atoms with Gasteiger partial charge >= 0.3 is 0 Å². The minimum Gasteiger partial charge on any atom is -0.493 e. The van der Waals surface area contributed by atoms with Gasteiger partial charge in [-0.15, -0.1) is 0 Å². The number of fused-ring (bicyclic) bond motifs is 6. The largest absolute Gasteiger partial charge is 0.493 e. The molecule has 3 heterocycles. The maximum absolute atomic E-state index is 13.6. The van der Waals surface area contributed by atoms with Crippen molar-refractivity contribution in [1.82, 2.24) is 0 Å². The highest BCUT2D eigenvalue weighted by Gasteiger charge is 2.47. The van der Waals surface area contributed by atoms with Gasteiger partial charge in [-0.25, -0.2) is 0 Å². The molecule has 3 aliphatic heterocycles. The summed E-state index contributed by atoms with van der Waals surface area (Å²) in [6.07, 6.45) is -0.0675. The van der Waals surface area contributed by atoms with Crippen molar-refractivity contribution in [2.75, 3.05) is 27.4 Å². The summed E-state index contributed by atoms with van der Waals surface area (Å²) in [5.41, 5.74) is 2.16. The Kier molecular flexibility index (Phi) is 4.97. The third-order valence-corrected chi connectivity index (χ3v) is 7.34. The molecule has 0 saturated heterocycles. The Morgan fingerprint density at radius 1 is 1.16 bits per heavy atom. The minimum absolute atomic E-state index is 0.00515. The van der Waals surface area contributed by atoms with Gasteiger partial charge in [-0.2, -0.15) is 0 Å². The van der Waals surface area contributed by atoms with Crippen LogP contribution in [0.15, 0.2) is 24.3 Å². The topological polar surface area (TPSA) is 83.5 Å². The molecule has 5 rings (SSSR count). The van der Waals surface area contributed by atoms with Crippen molar-refractivity contribution in [3.63, 3.8) is 0 Å². The third-order valence-electron chi connectivity index (χ3n) is 6.30. The molecule has 4 atom stereocenters. The van der Waals surface area contributed by atoms with Crippen molar-refractivity contribution >= 4 is 28.4 Å². The molecule has 2 aromatic rings. The zero-order valence-electron chi connectivity index (χ0n) is 17.4. The van der Waals surface area contributed by atoms with Gasteiger partial charge in [-0.1, -0.05) is 22.6 Å². The van der Waals surface area contributed by atoms with E-state index in [2.05, 4.69) is 22.6 Å². The first-order valence-corrected chi connectivity index (χ1v) is 11.2. The first-order chi connectivity index (χ1) is 14.9. The minimum atomic E-state index is -0.487. The fourth-order valence-corrected chi connectivity index (χ4v) is 4.85. The molecule has 31 heavy (non-hydrogen) atoms. The highest BCUT2D eigenvalue weighted by Crippen LogP contribution is 2.50. The number of ether oxygens (including phenoxy) is 5. The number of halogens is 1. The molecule has 2 aromatic carbocycles. The average molecular weight is 538 g/mol. The number of carbonyl (C=O) groups excluding carboxylic acids is 1. The second kappa shape index (κ2) is 7.44. The fourth-order valence-electron chi connectivity index (χ4n) is 4.50. The van der Waals surface area contributed by atoms with Gasteiger partial charge in [0.1, 0.15) is 36.1 Å². The van der Waals surface area contributed by atoms with Crippen LogP contribution in [0.4, 0.5) is 0 Å². The van der Waals surface area contributed by atoms with E-state index in [1.807, 2.05) is 13.0 Å². The SMILES string of the molecule is COc1cc2c(cc1OC)[C@@H]1C(=O)c3ccc4c(c3O[C@@H]1CO2)C[C@H]([C@](C)(I)CO)O4. The lowest BCUT2D eigenvalue weighted by molar-refractivity contribution is 0.0554. The predicted molar refractivity (Wildman–Crippen MR) is 121 cm³/mol. The summed E-state index contributed by atoms with van der Waals surface area (Å²) < 4.78 is 28.8. The number of ketones is 1. The van der Waals surface area contributed by atoms with Crippen LogP contribution in [-0.2, 0) is 6.42 Å². The second-order valence-corrected chi connectivity index (χ2v) is 10.7. The predicted octanol–water partition coefficient (Wildman–Crippen LogP) is 3.31. The van der Waals surface area contributed by atoms with Crippen LogP contribution in [0.1, 0.15) is 34.3 Å². The van der Waals surface area contributed by atoms with Crippen molar-refractivity contribution in [2.24, 2.45) is 0 Å². The molecule has 0 radical (unpaired) electrons. The van der Waals surface area contributed by atoms with Crippen molar-refractivity contribution in [1.29, 1.82) is 0 Å². The van der Waals surface area contributed by atoms with E-state index in [1.54, 1.807) is 32.4 Å². The molecule has 0 saturated carbocycles. The van der Waals surface area contributed by atoms with Crippen LogP contribution in [-0.4, -0.2) is 54.0 Å². The monoisotopic (exact) mass is 538 g/mol. The Morgan fingerprint density at radius 2 is 1.90 bits per heavy atom. The number of carbonyl (C=O) groups is 1. The molecule has 0 bridgehead atoms. The van der Waals surface area contributed by atoms with E-state index in [-0.39, 0.29) is 25.1 Å². The summed E-state index contributed by atoms with van der Waals surface area (Å²) in [5.74, 6) is 2.48. The molecule has 0 unspecified atom stereocenters. The van der Waals surface area contributed by atoms with Gasteiger partial charge in [0, 0.05) is 23.6 Å². The number of aliphatic hydroxyl groups is 1. The van der Waals surface area contributed by atoms with Gasteiger partial charge in [0.25, 0.3) is 0 Å². The quantitative estimate of drug-likeness (QED) is 0.473. The number of methoxy groups -OCH3 is 2. The first-order valence-electron chi connectivity index (χ1n) is 10.1. The number of hydrogen-bond acceptors (Lipinski definition) is 7. The summed E-state index contributed by atoms with van der Waals surface area (Å²) in [5, 5.41) is 9.73. The molecule has 0 aromatic heterocycles. The van der Waals surface area contributed by atoms with Gasteiger partial charge < -0.3 is 28.8 Å². The zero-order chi connectivity index (χ0) is 21.9. The van der Waals surface area contributed by atoms with Crippen LogP contribution < -0.4 is 23.7 Å². The average Bonchev–Trinajstić information content (AvgIpc) is 3.23. The summed E-state index contributed by atoms with van der Waals surface area (Å²) in [4.78, 5) is 13.6. The zero-order valence-corrected chi connectivity index (χ0v) is 19.6. The van der Waals surface area contributed by atoms with Crippen LogP contribution in [0.5, 0.6) is 28.7 Å². The number of hydrogen-bond donors (Lipinski definition) is 1. The highest BCUT2D eigenvalue weighted by molar-refractivity contribution is 14.1. The van der Waals surface area contributed by atoms with Crippen LogP contribution in [0, 0.1) is 0 Å². The van der Waals surface area contributed by atoms with Crippen molar-refractivity contribution in [3.8, 4) is 28.7 Å². The Morgan fingerprint density at radius 3 is 2.61 bits per heavy atom. The molecule has 0 spiro atoms. The molecule has 0 amide bonds. The van der Waals surface area contributed by atoms with Crippen LogP contribution >= 0.6 is 22.6 Å². The van der Waals surface area contributed by atoms with Crippen molar-refractivity contribution in [2.45, 2.75) is 34.9 Å². The van der Waals surface area contributed by atoms with Crippen molar-refractivity contribution in [3.05, 3.63) is 41.0 Å². The van der Waals surface area contributed by atoms with Crippen LogP contribution in [0.25, 0.3) is 0 Å². The summed E-state index contributed by atoms with van der Waals surface area (Å²) in [7, 11) is 3.13. The van der Waals surface area contributed by atoms with Gasteiger partial charge in [0.15, 0.2) is 17.3 Å². The summed E-state index contributed by atoms with van der Waals surface area (Å²) >= 11 is 2.22. The number of benzene rings is 2. The molecule has 1 N–H and O–H groups in total. The Balaban J connectivity index is 1.55. The molecular weight excluding hydrogens is 515 g/mol. The Hall–Kier alpha value is -2.20. The fraction of sp³-hybridized carbons (Fsp3) is 0.435. The summed E-state index contributed by atoms with van der Waals surface area (Å²) in [6.45, 7) is 2.20. The molecular formula is C23H23IO7. The molecule has 164 valence electrons. The maximum atomic E-state index is 13.6. The Labute approximate surface area is 193 Å². The van der Waals surface area contributed by atoms with E-state index < -0.39 is 15.4 Å². The normalized spacial score (nSPS) is 24.9. The van der Waals surface area contributed by atoms with Gasteiger partial charge in [-0.05, 0) is 25.1 Å². The van der Waals surface area contributed by atoms with Crippen LogP contribution in [0.2, 0.25) is 0 Å². The highest BCUT2D eigenvalue weighted by atomic mass is 127. The van der Waals surface area contributed by atoms with E-state index in [0.29, 0.717) is 40.7 Å². The first kappa shape index (κ1) is 20.7. The molecule has 0 aliphatic carbocycles. The van der Waals surface area contributed by atoms with Gasteiger partial charge in [0.05, 0.1) is 35.7 Å². The number of Topliss-reactive ketones (excluding diaryl/α,β-unsaturated/α-hetero) is 1. The van der Waals surface area contributed by atoms with Crippen LogP contribution in [0.3, 0.4) is 0 Å². The standard InChI is InChI=1S/C23H23IO7/c1-23(24,10-25)19-7-13-14(30-19)5-4-11-21(26)20-12-6-16(27-2)17(28-3)8-15(12)29-9-18(20)31-22(11)13/h4-6,8,18-20,25H,7,9-10H2,1-3H3/t18-,19-,20+,23-/m1/s1. The van der Waals surface area contributed by atoms with E-state index >= 15 is 0 Å².